The molecule has 0 bridgehead atoms. The summed E-state index contributed by atoms with van der Waals surface area (Å²) in [7, 11) is 0. The fourth-order valence-corrected chi connectivity index (χ4v) is 1.98. The first kappa shape index (κ1) is 11.3. The molecule has 0 saturated carbocycles. The molecule has 0 radical (unpaired) electrons. The molecular formula is C11H18N4O. The van der Waals surface area contributed by atoms with E-state index in [1.165, 1.54) is 0 Å². The van der Waals surface area contributed by atoms with Crippen LogP contribution in [0.2, 0.25) is 0 Å². The van der Waals surface area contributed by atoms with Gasteiger partial charge in [0.2, 0.25) is 5.95 Å². The van der Waals surface area contributed by atoms with E-state index in [0.717, 1.165) is 31.0 Å². The smallest absolute Gasteiger partial charge is 0.225 e. The summed E-state index contributed by atoms with van der Waals surface area (Å²) in [5.74, 6) is 1.07. The van der Waals surface area contributed by atoms with Crippen molar-refractivity contribution >= 4 is 5.95 Å². The van der Waals surface area contributed by atoms with E-state index in [1.807, 2.05) is 6.92 Å². The Kier molecular flexibility index (Phi) is 3.36. The number of aliphatic hydroxyl groups excluding tert-OH is 1. The molecule has 0 amide bonds. The highest BCUT2D eigenvalue weighted by molar-refractivity contribution is 5.31. The van der Waals surface area contributed by atoms with Gasteiger partial charge in [0.05, 0.1) is 6.10 Å². The number of hydrogen-bond donors (Lipinski definition) is 2. The van der Waals surface area contributed by atoms with E-state index in [1.54, 1.807) is 12.4 Å². The highest BCUT2D eigenvalue weighted by Crippen LogP contribution is 2.22. The first-order valence-corrected chi connectivity index (χ1v) is 5.64. The molecule has 1 aromatic heterocycles. The van der Waals surface area contributed by atoms with Crippen molar-refractivity contribution in [1.29, 1.82) is 0 Å². The summed E-state index contributed by atoms with van der Waals surface area (Å²) in [6.07, 6.45) is 4.27. The average molecular weight is 222 g/mol. The Morgan fingerprint density at radius 3 is 2.75 bits per heavy atom. The van der Waals surface area contributed by atoms with Gasteiger partial charge in [-0.1, -0.05) is 0 Å². The molecule has 1 fully saturated rings. The van der Waals surface area contributed by atoms with Crippen LogP contribution >= 0.6 is 0 Å². The van der Waals surface area contributed by atoms with Crippen LogP contribution in [-0.4, -0.2) is 34.3 Å². The lowest BCUT2D eigenvalue weighted by molar-refractivity contribution is 0.136. The van der Waals surface area contributed by atoms with Crippen LogP contribution in [-0.2, 0) is 6.54 Å². The Morgan fingerprint density at radius 1 is 1.56 bits per heavy atom. The summed E-state index contributed by atoms with van der Waals surface area (Å²) >= 11 is 0. The first-order valence-electron chi connectivity index (χ1n) is 5.64. The first-order chi connectivity index (χ1) is 7.70. The van der Waals surface area contributed by atoms with Gasteiger partial charge in [-0.3, -0.25) is 0 Å². The summed E-state index contributed by atoms with van der Waals surface area (Å²) < 4.78 is 0. The molecule has 5 nitrogen and oxygen atoms in total. The van der Waals surface area contributed by atoms with Crippen molar-refractivity contribution in [2.45, 2.75) is 26.0 Å². The zero-order valence-electron chi connectivity index (χ0n) is 9.50. The van der Waals surface area contributed by atoms with Gasteiger partial charge in [0, 0.05) is 43.5 Å². The number of nitrogens with two attached hydrogens (primary N) is 1. The molecule has 0 aliphatic carbocycles. The fraction of sp³-hybridized carbons (Fsp3) is 0.636. The van der Waals surface area contributed by atoms with E-state index >= 15 is 0 Å². The second-order valence-electron chi connectivity index (χ2n) is 4.33. The van der Waals surface area contributed by atoms with Gasteiger partial charge in [-0.25, -0.2) is 9.97 Å². The van der Waals surface area contributed by atoms with Crippen molar-refractivity contribution in [2.75, 3.05) is 18.0 Å². The lowest BCUT2D eigenvalue weighted by Crippen LogP contribution is -2.25. The third kappa shape index (κ3) is 2.31. The summed E-state index contributed by atoms with van der Waals surface area (Å²) in [5.41, 5.74) is 6.43. The van der Waals surface area contributed by atoms with Gasteiger partial charge >= 0.3 is 0 Å². The number of aromatic nitrogens is 2. The third-order valence-electron chi connectivity index (χ3n) is 3.12. The highest BCUT2D eigenvalue weighted by atomic mass is 16.3. The van der Waals surface area contributed by atoms with Gasteiger partial charge in [-0.05, 0) is 13.3 Å². The predicted molar refractivity (Wildman–Crippen MR) is 61.9 cm³/mol. The second kappa shape index (κ2) is 4.76. The van der Waals surface area contributed by atoms with Crippen LogP contribution in [0.4, 0.5) is 5.95 Å². The van der Waals surface area contributed by atoms with Crippen molar-refractivity contribution in [1.82, 2.24) is 9.97 Å². The maximum absolute atomic E-state index is 9.51. The Bertz CT molecular complexity index is 338. The van der Waals surface area contributed by atoms with Crippen LogP contribution in [0.3, 0.4) is 0 Å². The largest absolute Gasteiger partial charge is 0.393 e. The summed E-state index contributed by atoms with van der Waals surface area (Å²) in [6.45, 7) is 4.06. The zero-order chi connectivity index (χ0) is 11.5. The van der Waals surface area contributed by atoms with E-state index in [0.29, 0.717) is 12.5 Å². The fourth-order valence-electron chi connectivity index (χ4n) is 1.98. The van der Waals surface area contributed by atoms with Crippen LogP contribution in [0.25, 0.3) is 0 Å². The molecule has 88 valence electrons. The lowest BCUT2D eigenvalue weighted by Gasteiger charge is -2.17. The van der Waals surface area contributed by atoms with Crippen molar-refractivity contribution in [3.8, 4) is 0 Å². The van der Waals surface area contributed by atoms with E-state index in [-0.39, 0.29) is 6.10 Å². The van der Waals surface area contributed by atoms with Gasteiger partial charge in [0.25, 0.3) is 0 Å². The van der Waals surface area contributed by atoms with Crippen LogP contribution in [0, 0.1) is 5.92 Å². The van der Waals surface area contributed by atoms with E-state index in [9.17, 15) is 5.11 Å². The van der Waals surface area contributed by atoms with Crippen molar-refractivity contribution in [3.63, 3.8) is 0 Å². The van der Waals surface area contributed by atoms with Gasteiger partial charge in [0.1, 0.15) is 0 Å². The quantitative estimate of drug-likeness (QED) is 0.761. The second-order valence-corrected chi connectivity index (χ2v) is 4.33. The molecular weight excluding hydrogens is 204 g/mol. The molecule has 0 aromatic carbocycles. The van der Waals surface area contributed by atoms with Crippen LogP contribution in [0.15, 0.2) is 12.4 Å². The number of hydrogen-bond acceptors (Lipinski definition) is 5. The Labute approximate surface area is 95.3 Å². The van der Waals surface area contributed by atoms with Crippen LogP contribution < -0.4 is 10.6 Å². The van der Waals surface area contributed by atoms with Crippen LogP contribution in [0.1, 0.15) is 18.9 Å². The normalized spacial score (nSPS) is 22.4. The minimum absolute atomic E-state index is 0.256. The lowest BCUT2D eigenvalue weighted by atomic mass is 10.0. The van der Waals surface area contributed by atoms with Gasteiger partial charge in [-0.15, -0.1) is 0 Å². The zero-order valence-corrected chi connectivity index (χ0v) is 9.50. The molecule has 1 aliphatic heterocycles. The number of nitrogens with zero attached hydrogens (tertiary/aromatic N) is 3. The maximum Gasteiger partial charge on any atom is 0.225 e. The molecule has 2 unspecified atom stereocenters. The molecule has 1 aromatic rings. The predicted octanol–water partition coefficient (Wildman–Crippen LogP) is 0.142. The summed E-state index contributed by atoms with van der Waals surface area (Å²) in [4.78, 5) is 10.7. The number of rotatable bonds is 3. The Morgan fingerprint density at radius 2 is 2.25 bits per heavy atom. The number of aliphatic hydroxyl groups is 1. The topological polar surface area (TPSA) is 75.3 Å². The van der Waals surface area contributed by atoms with Gasteiger partial charge < -0.3 is 15.7 Å². The molecule has 2 rings (SSSR count). The Balaban J connectivity index is 2.03. The molecule has 2 heterocycles. The monoisotopic (exact) mass is 222 g/mol. The molecule has 2 atom stereocenters. The number of anilines is 1. The van der Waals surface area contributed by atoms with Crippen molar-refractivity contribution in [2.24, 2.45) is 11.7 Å². The van der Waals surface area contributed by atoms with Crippen LogP contribution in [0.5, 0.6) is 0 Å². The van der Waals surface area contributed by atoms with Crippen molar-refractivity contribution < 1.29 is 5.11 Å². The Hall–Kier alpha value is -1.20. The van der Waals surface area contributed by atoms with E-state index in [2.05, 4.69) is 14.9 Å². The summed E-state index contributed by atoms with van der Waals surface area (Å²) in [5, 5.41) is 9.51. The molecule has 16 heavy (non-hydrogen) atoms. The maximum atomic E-state index is 9.51. The average Bonchev–Trinajstić information content (AvgIpc) is 2.78. The highest BCUT2D eigenvalue weighted by Gasteiger charge is 2.27. The minimum atomic E-state index is -0.256. The molecule has 1 aliphatic rings. The van der Waals surface area contributed by atoms with E-state index in [4.69, 9.17) is 5.73 Å². The molecule has 5 heteroatoms. The molecule has 3 N–H and O–H groups in total. The van der Waals surface area contributed by atoms with Crippen molar-refractivity contribution in [3.05, 3.63) is 18.0 Å². The molecule has 0 spiro atoms. The van der Waals surface area contributed by atoms with E-state index < -0.39 is 0 Å². The molecule has 1 saturated heterocycles. The van der Waals surface area contributed by atoms with Gasteiger partial charge in [0.15, 0.2) is 0 Å². The third-order valence-corrected chi connectivity index (χ3v) is 3.12. The SMILES string of the molecule is CC(O)C1CCN(c2ncc(CN)cn2)C1. The standard InChI is InChI=1S/C11H18N4O/c1-8(16)10-2-3-15(7-10)11-13-5-9(4-12)6-14-11/h5-6,8,10,16H,2-4,7,12H2,1H3. The minimum Gasteiger partial charge on any atom is -0.393 e. The summed E-state index contributed by atoms with van der Waals surface area (Å²) in [6, 6.07) is 0. The van der Waals surface area contributed by atoms with Gasteiger partial charge in [-0.2, -0.15) is 0 Å².